The van der Waals surface area contributed by atoms with Crippen LogP contribution in [0, 0.1) is 12.8 Å². The van der Waals surface area contributed by atoms with E-state index in [1.54, 1.807) is 18.1 Å². The van der Waals surface area contributed by atoms with Gasteiger partial charge in [0.1, 0.15) is 0 Å². The summed E-state index contributed by atoms with van der Waals surface area (Å²) in [6, 6.07) is 15.4. The molecule has 0 saturated heterocycles. The maximum Gasteiger partial charge on any atom is 0.221 e. The molecule has 1 N–H and O–H groups in total. The number of nitrogens with one attached hydrogen (secondary N) is 1. The Kier molecular flexibility index (Phi) is 6.71. The minimum absolute atomic E-state index is 0.0113. The predicted molar refractivity (Wildman–Crippen MR) is 114 cm³/mol. The van der Waals surface area contributed by atoms with Crippen LogP contribution in [0.1, 0.15) is 74.1 Å². The van der Waals surface area contributed by atoms with E-state index in [1.165, 1.54) is 49.7 Å². The summed E-state index contributed by atoms with van der Waals surface area (Å²) in [7, 11) is 0. The second-order valence-electron chi connectivity index (χ2n) is 8.21. The van der Waals surface area contributed by atoms with E-state index in [-0.39, 0.29) is 5.91 Å². The van der Waals surface area contributed by atoms with Crippen molar-refractivity contribution in [2.75, 3.05) is 5.32 Å². The molecule has 0 spiro atoms. The van der Waals surface area contributed by atoms with Gasteiger partial charge in [0.15, 0.2) is 0 Å². The molecule has 2 nitrogen and oxygen atoms in total. The lowest BCUT2D eigenvalue weighted by atomic mass is 9.83. The van der Waals surface area contributed by atoms with Crippen molar-refractivity contribution in [1.82, 2.24) is 0 Å². The van der Waals surface area contributed by atoms with Crippen molar-refractivity contribution in [2.24, 2.45) is 5.92 Å². The first-order valence-electron chi connectivity index (χ1n) is 10.5. The molecule has 0 heterocycles. The van der Waals surface area contributed by atoms with Crippen LogP contribution in [0.15, 0.2) is 42.5 Å². The molecule has 2 aromatic carbocycles. The second-order valence-corrected chi connectivity index (χ2v) is 8.21. The normalized spacial score (nSPS) is 18.3. The number of unbranched alkanes of at least 4 members (excludes halogenated alkanes) is 3. The van der Waals surface area contributed by atoms with Gasteiger partial charge in [-0.15, -0.1) is 0 Å². The lowest BCUT2D eigenvalue weighted by molar-refractivity contribution is -0.114. The Morgan fingerprint density at radius 1 is 1.11 bits per heavy atom. The molecule has 1 aliphatic rings. The van der Waals surface area contributed by atoms with Gasteiger partial charge in [0.2, 0.25) is 5.91 Å². The number of carbonyl (C=O) groups excluding carboxylic acids is 1. The van der Waals surface area contributed by atoms with E-state index in [0.717, 1.165) is 18.0 Å². The van der Waals surface area contributed by atoms with Gasteiger partial charge in [0.05, 0.1) is 0 Å². The Bertz CT molecular complexity index is 780. The number of fused-ring (bicyclic) bond motifs is 1. The molecule has 2 atom stereocenters. The maximum absolute atomic E-state index is 11.4. The Hall–Kier alpha value is -2.09. The largest absolute Gasteiger partial charge is 0.326 e. The summed E-state index contributed by atoms with van der Waals surface area (Å²) in [4.78, 5) is 11.4. The summed E-state index contributed by atoms with van der Waals surface area (Å²) in [5.74, 6) is 1.32. The van der Waals surface area contributed by atoms with E-state index in [1.807, 2.05) is 6.07 Å². The topological polar surface area (TPSA) is 29.1 Å². The van der Waals surface area contributed by atoms with E-state index in [4.69, 9.17) is 0 Å². The first-order chi connectivity index (χ1) is 13.1. The molecule has 144 valence electrons. The van der Waals surface area contributed by atoms with Crippen LogP contribution < -0.4 is 5.32 Å². The van der Waals surface area contributed by atoms with Crippen LogP contribution in [-0.4, -0.2) is 5.91 Å². The monoisotopic (exact) mass is 363 g/mol. The minimum Gasteiger partial charge on any atom is -0.326 e. The van der Waals surface area contributed by atoms with Gasteiger partial charge in [-0.05, 0) is 66.8 Å². The van der Waals surface area contributed by atoms with E-state index in [9.17, 15) is 4.79 Å². The summed E-state index contributed by atoms with van der Waals surface area (Å²) in [6.07, 6.45) is 8.94. The van der Waals surface area contributed by atoms with Crippen LogP contribution >= 0.6 is 0 Å². The van der Waals surface area contributed by atoms with Crippen molar-refractivity contribution < 1.29 is 4.79 Å². The van der Waals surface area contributed by atoms with E-state index >= 15 is 0 Å². The fourth-order valence-electron chi connectivity index (χ4n) is 4.57. The zero-order chi connectivity index (χ0) is 19.2. The average molecular weight is 364 g/mol. The Morgan fingerprint density at radius 2 is 1.96 bits per heavy atom. The summed E-state index contributed by atoms with van der Waals surface area (Å²) in [5, 5.41) is 2.92. The summed E-state index contributed by atoms with van der Waals surface area (Å²) in [6.45, 7) is 6.04. The SMILES string of the molecule is CCCCCCC1Cc2ccc(C)cc2[C@@H]1Cc1cccc(NC(C)=O)c1. The zero-order valence-corrected chi connectivity index (χ0v) is 17.1. The molecule has 0 radical (unpaired) electrons. The number of hydrogen-bond donors (Lipinski definition) is 1. The van der Waals surface area contributed by atoms with Gasteiger partial charge in [-0.25, -0.2) is 0 Å². The lowest BCUT2D eigenvalue weighted by Gasteiger charge is -2.21. The van der Waals surface area contributed by atoms with Crippen LogP contribution in [0.3, 0.4) is 0 Å². The molecule has 2 aromatic rings. The van der Waals surface area contributed by atoms with Crippen LogP contribution in [0.2, 0.25) is 0 Å². The van der Waals surface area contributed by atoms with Gasteiger partial charge >= 0.3 is 0 Å². The number of benzene rings is 2. The molecule has 3 rings (SSSR count). The van der Waals surface area contributed by atoms with Crippen molar-refractivity contribution in [1.29, 1.82) is 0 Å². The highest BCUT2D eigenvalue weighted by molar-refractivity contribution is 5.88. The molecule has 0 aliphatic heterocycles. The van der Waals surface area contributed by atoms with Gasteiger partial charge < -0.3 is 5.32 Å². The first kappa shape index (κ1) is 19.7. The molecule has 0 fully saturated rings. The molecule has 0 aromatic heterocycles. The molecule has 1 amide bonds. The standard InChI is InChI=1S/C25H33NO/c1-4-5-6-7-10-21-17-22-13-12-18(2)14-24(22)25(21)16-20-9-8-11-23(15-20)26-19(3)27/h8-9,11-15,21,25H,4-7,10,16-17H2,1-3H3,(H,26,27)/t21?,25-/m1/s1. The lowest BCUT2D eigenvalue weighted by Crippen LogP contribution is -2.12. The highest BCUT2D eigenvalue weighted by atomic mass is 16.1. The summed E-state index contributed by atoms with van der Waals surface area (Å²) >= 11 is 0. The van der Waals surface area contributed by atoms with E-state index < -0.39 is 0 Å². The number of amides is 1. The van der Waals surface area contributed by atoms with Gasteiger partial charge in [-0.2, -0.15) is 0 Å². The van der Waals surface area contributed by atoms with Gasteiger partial charge in [0.25, 0.3) is 0 Å². The first-order valence-corrected chi connectivity index (χ1v) is 10.5. The molecular formula is C25H33NO. The number of rotatable bonds is 8. The number of hydrogen-bond acceptors (Lipinski definition) is 1. The van der Waals surface area contributed by atoms with Crippen molar-refractivity contribution in [3.8, 4) is 0 Å². The second kappa shape index (κ2) is 9.21. The maximum atomic E-state index is 11.4. The number of aryl methyl sites for hydroxylation is 1. The van der Waals surface area contributed by atoms with Crippen LogP contribution in [-0.2, 0) is 17.6 Å². The van der Waals surface area contributed by atoms with Crippen molar-refractivity contribution in [3.05, 3.63) is 64.7 Å². The van der Waals surface area contributed by atoms with Gasteiger partial charge in [-0.1, -0.05) is 68.5 Å². The number of carbonyl (C=O) groups is 1. The van der Waals surface area contributed by atoms with Gasteiger partial charge in [-0.3, -0.25) is 4.79 Å². The molecule has 0 saturated carbocycles. The fourth-order valence-corrected chi connectivity index (χ4v) is 4.57. The summed E-state index contributed by atoms with van der Waals surface area (Å²) in [5.41, 5.74) is 6.68. The Balaban J connectivity index is 1.78. The van der Waals surface area contributed by atoms with Crippen molar-refractivity contribution in [2.45, 2.75) is 71.6 Å². The van der Waals surface area contributed by atoms with Crippen LogP contribution in [0.25, 0.3) is 0 Å². The highest BCUT2D eigenvalue weighted by Gasteiger charge is 2.32. The Labute approximate surface area is 164 Å². The predicted octanol–water partition coefficient (Wildman–Crippen LogP) is 6.42. The van der Waals surface area contributed by atoms with E-state index in [2.05, 4.69) is 55.6 Å². The molecule has 1 unspecified atom stereocenters. The molecule has 2 heteroatoms. The number of anilines is 1. The van der Waals surface area contributed by atoms with Crippen LogP contribution in [0.4, 0.5) is 5.69 Å². The molecule has 0 bridgehead atoms. The summed E-state index contributed by atoms with van der Waals surface area (Å²) < 4.78 is 0. The third-order valence-electron chi connectivity index (χ3n) is 5.88. The quantitative estimate of drug-likeness (QED) is 0.538. The highest BCUT2D eigenvalue weighted by Crippen LogP contribution is 2.43. The smallest absolute Gasteiger partial charge is 0.221 e. The Morgan fingerprint density at radius 3 is 2.74 bits per heavy atom. The molecular weight excluding hydrogens is 330 g/mol. The molecule has 27 heavy (non-hydrogen) atoms. The van der Waals surface area contributed by atoms with E-state index in [0.29, 0.717) is 5.92 Å². The zero-order valence-electron chi connectivity index (χ0n) is 17.1. The minimum atomic E-state index is -0.0113. The third kappa shape index (κ3) is 5.22. The fraction of sp³-hybridized carbons (Fsp3) is 0.480. The van der Waals surface area contributed by atoms with Crippen LogP contribution in [0.5, 0.6) is 0 Å². The van der Waals surface area contributed by atoms with Gasteiger partial charge in [0, 0.05) is 12.6 Å². The molecule has 1 aliphatic carbocycles. The third-order valence-corrected chi connectivity index (χ3v) is 5.88. The van der Waals surface area contributed by atoms with Crippen molar-refractivity contribution >= 4 is 11.6 Å². The van der Waals surface area contributed by atoms with Crippen molar-refractivity contribution in [3.63, 3.8) is 0 Å². The average Bonchev–Trinajstić information content (AvgIpc) is 2.95.